The number of H-pyrrole nitrogens is 1. The Morgan fingerprint density at radius 3 is 2.90 bits per heavy atom. The van der Waals surface area contributed by atoms with Crippen molar-refractivity contribution in [1.82, 2.24) is 4.98 Å². The fourth-order valence-corrected chi connectivity index (χ4v) is 0.676. The van der Waals surface area contributed by atoms with Crippen molar-refractivity contribution < 1.29 is 14.3 Å². The van der Waals surface area contributed by atoms with E-state index in [1.165, 1.54) is 0 Å². The van der Waals surface area contributed by atoms with Crippen LogP contribution < -0.4 is 0 Å². The van der Waals surface area contributed by atoms with E-state index in [2.05, 4.69) is 4.98 Å². The first-order chi connectivity index (χ1) is 4.68. The first-order valence-electron chi connectivity index (χ1n) is 2.73. The Bertz CT molecular complexity index is 244. The molecular formula is C6H6FNO2. The van der Waals surface area contributed by atoms with Crippen LogP contribution in [0.25, 0.3) is 0 Å². The number of carboxylic acids is 1. The Labute approximate surface area is 56.5 Å². The van der Waals surface area contributed by atoms with Gasteiger partial charge in [0.15, 0.2) is 0 Å². The number of hydrogen-bond acceptors (Lipinski definition) is 1. The van der Waals surface area contributed by atoms with E-state index in [0.717, 1.165) is 12.3 Å². The average molecular weight is 143 g/mol. The van der Waals surface area contributed by atoms with Crippen LogP contribution in [0.1, 0.15) is 5.69 Å². The van der Waals surface area contributed by atoms with Crippen LogP contribution in [0.3, 0.4) is 0 Å². The summed E-state index contributed by atoms with van der Waals surface area (Å²) in [6, 6.07) is 1.16. The van der Waals surface area contributed by atoms with Gasteiger partial charge >= 0.3 is 5.97 Å². The third-order valence-corrected chi connectivity index (χ3v) is 1.05. The quantitative estimate of drug-likeness (QED) is 0.642. The van der Waals surface area contributed by atoms with Gasteiger partial charge in [-0.05, 0) is 6.07 Å². The fraction of sp³-hybridized carbons (Fsp3) is 0.167. The molecule has 0 fully saturated rings. The molecule has 0 amide bonds. The van der Waals surface area contributed by atoms with Gasteiger partial charge < -0.3 is 10.1 Å². The highest BCUT2D eigenvalue weighted by atomic mass is 19.1. The molecular weight excluding hydrogens is 137 g/mol. The Morgan fingerprint density at radius 1 is 1.80 bits per heavy atom. The van der Waals surface area contributed by atoms with E-state index in [1.807, 2.05) is 0 Å². The van der Waals surface area contributed by atoms with Crippen molar-refractivity contribution in [1.29, 1.82) is 0 Å². The summed E-state index contributed by atoms with van der Waals surface area (Å²) in [4.78, 5) is 12.5. The van der Waals surface area contributed by atoms with Crippen molar-refractivity contribution >= 4 is 5.97 Å². The van der Waals surface area contributed by atoms with Crippen LogP contribution in [0.2, 0.25) is 0 Å². The van der Waals surface area contributed by atoms with E-state index in [-0.39, 0.29) is 6.42 Å². The molecule has 1 rings (SSSR count). The summed E-state index contributed by atoms with van der Waals surface area (Å²) in [5.41, 5.74) is 0.380. The number of aliphatic carboxylic acids is 1. The lowest BCUT2D eigenvalue weighted by Gasteiger charge is -1.86. The molecule has 1 heterocycles. The first-order valence-corrected chi connectivity index (χ1v) is 2.73. The number of carboxylic acid groups (broad SMARTS) is 1. The molecule has 0 saturated carbocycles. The molecule has 0 aliphatic rings. The van der Waals surface area contributed by atoms with Crippen LogP contribution in [0.15, 0.2) is 12.3 Å². The van der Waals surface area contributed by atoms with Crippen molar-refractivity contribution in [3.63, 3.8) is 0 Å². The average Bonchev–Trinajstić information content (AvgIpc) is 2.13. The smallest absolute Gasteiger partial charge is 0.309 e. The normalized spacial score (nSPS) is 9.70. The Morgan fingerprint density at radius 2 is 2.50 bits per heavy atom. The van der Waals surface area contributed by atoms with Gasteiger partial charge in [0.1, 0.15) is 5.82 Å². The van der Waals surface area contributed by atoms with Crippen LogP contribution >= 0.6 is 0 Å². The van der Waals surface area contributed by atoms with Crippen molar-refractivity contribution in [3.05, 3.63) is 23.8 Å². The van der Waals surface area contributed by atoms with Crippen LogP contribution in [0.5, 0.6) is 0 Å². The summed E-state index contributed by atoms with van der Waals surface area (Å²) in [6.45, 7) is 0. The highest BCUT2D eigenvalue weighted by molar-refractivity contribution is 5.69. The molecule has 0 aromatic carbocycles. The van der Waals surface area contributed by atoms with E-state index in [1.54, 1.807) is 0 Å². The van der Waals surface area contributed by atoms with E-state index < -0.39 is 11.8 Å². The largest absolute Gasteiger partial charge is 0.481 e. The zero-order valence-electron chi connectivity index (χ0n) is 5.10. The maximum atomic E-state index is 12.2. The molecule has 0 unspecified atom stereocenters. The molecule has 0 aliphatic carbocycles. The van der Waals surface area contributed by atoms with Gasteiger partial charge in [0.05, 0.1) is 6.42 Å². The Hall–Kier alpha value is -1.32. The third kappa shape index (κ3) is 1.58. The lowest BCUT2D eigenvalue weighted by molar-refractivity contribution is -0.136. The predicted molar refractivity (Wildman–Crippen MR) is 32.1 cm³/mol. The topological polar surface area (TPSA) is 53.1 Å². The predicted octanol–water partition coefficient (Wildman–Crippen LogP) is 0.781. The highest BCUT2D eigenvalue weighted by Gasteiger charge is 2.01. The van der Waals surface area contributed by atoms with E-state index in [9.17, 15) is 9.18 Å². The van der Waals surface area contributed by atoms with Gasteiger partial charge in [-0.25, -0.2) is 4.39 Å². The number of hydrogen-bond donors (Lipinski definition) is 2. The Balaban J connectivity index is 2.67. The molecule has 10 heavy (non-hydrogen) atoms. The van der Waals surface area contributed by atoms with E-state index >= 15 is 0 Å². The second-order valence-electron chi connectivity index (χ2n) is 1.91. The summed E-state index contributed by atoms with van der Waals surface area (Å²) < 4.78 is 12.2. The number of nitrogens with one attached hydrogen (secondary N) is 1. The SMILES string of the molecule is O=C(O)Cc1cc(F)c[nH]1. The maximum Gasteiger partial charge on any atom is 0.309 e. The lowest BCUT2D eigenvalue weighted by Crippen LogP contribution is -1.99. The summed E-state index contributed by atoms with van der Waals surface area (Å²) >= 11 is 0. The number of halogens is 1. The second-order valence-corrected chi connectivity index (χ2v) is 1.91. The zero-order chi connectivity index (χ0) is 7.56. The summed E-state index contributed by atoms with van der Waals surface area (Å²) in [6.07, 6.45) is 0.961. The molecule has 4 heteroatoms. The van der Waals surface area contributed by atoms with Crippen molar-refractivity contribution in [2.24, 2.45) is 0 Å². The zero-order valence-corrected chi connectivity index (χ0v) is 5.10. The Kier molecular flexibility index (Phi) is 1.71. The monoisotopic (exact) mass is 143 g/mol. The summed E-state index contributed by atoms with van der Waals surface area (Å²) in [5, 5.41) is 8.23. The van der Waals surface area contributed by atoms with Gasteiger partial charge in [-0.2, -0.15) is 0 Å². The molecule has 1 aromatic rings. The number of aromatic amines is 1. The second kappa shape index (κ2) is 2.51. The minimum absolute atomic E-state index is 0.163. The minimum Gasteiger partial charge on any atom is -0.481 e. The van der Waals surface area contributed by atoms with E-state index in [0.29, 0.717) is 5.69 Å². The molecule has 2 N–H and O–H groups in total. The molecule has 3 nitrogen and oxygen atoms in total. The van der Waals surface area contributed by atoms with Gasteiger partial charge in [-0.3, -0.25) is 4.79 Å². The van der Waals surface area contributed by atoms with Crippen LogP contribution in [0, 0.1) is 5.82 Å². The molecule has 0 radical (unpaired) electrons. The van der Waals surface area contributed by atoms with Gasteiger partial charge in [0, 0.05) is 11.9 Å². The van der Waals surface area contributed by atoms with Crippen LogP contribution in [0.4, 0.5) is 4.39 Å². The summed E-state index contributed by atoms with van der Waals surface area (Å²) in [5.74, 6) is -1.40. The van der Waals surface area contributed by atoms with Crippen molar-refractivity contribution in [2.45, 2.75) is 6.42 Å². The van der Waals surface area contributed by atoms with Gasteiger partial charge in [0.2, 0.25) is 0 Å². The molecule has 0 spiro atoms. The first kappa shape index (κ1) is 6.80. The van der Waals surface area contributed by atoms with Crippen molar-refractivity contribution in [3.8, 4) is 0 Å². The third-order valence-electron chi connectivity index (χ3n) is 1.05. The van der Waals surface area contributed by atoms with Crippen LogP contribution in [-0.4, -0.2) is 16.1 Å². The number of carbonyl (C=O) groups is 1. The lowest BCUT2D eigenvalue weighted by atomic mass is 10.3. The number of aromatic nitrogens is 1. The van der Waals surface area contributed by atoms with Gasteiger partial charge in [0.25, 0.3) is 0 Å². The van der Waals surface area contributed by atoms with Crippen molar-refractivity contribution in [2.75, 3.05) is 0 Å². The molecule has 0 atom stereocenters. The summed E-state index contributed by atoms with van der Waals surface area (Å²) in [7, 11) is 0. The standard InChI is InChI=1S/C6H6FNO2/c7-4-1-5(8-3-4)2-6(9)10/h1,3,8H,2H2,(H,9,10). The minimum atomic E-state index is -0.971. The molecule has 54 valence electrons. The molecule has 0 bridgehead atoms. The molecule has 0 aliphatic heterocycles. The van der Waals surface area contributed by atoms with Crippen LogP contribution in [-0.2, 0) is 11.2 Å². The maximum absolute atomic E-state index is 12.2. The van der Waals surface area contributed by atoms with Gasteiger partial charge in [-0.15, -0.1) is 0 Å². The van der Waals surface area contributed by atoms with E-state index in [4.69, 9.17) is 5.11 Å². The molecule has 0 saturated heterocycles. The van der Waals surface area contributed by atoms with Gasteiger partial charge in [-0.1, -0.05) is 0 Å². The fourth-order valence-electron chi connectivity index (χ4n) is 0.676. The molecule has 1 aromatic heterocycles. The highest BCUT2D eigenvalue weighted by Crippen LogP contribution is 2.00. The number of rotatable bonds is 2.